The third kappa shape index (κ3) is 1.38. The van der Waals surface area contributed by atoms with Crippen molar-refractivity contribution in [3.63, 3.8) is 0 Å². The summed E-state index contributed by atoms with van der Waals surface area (Å²) in [5.74, 6) is -0.0193. The number of carbonyl (C=O) groups is 1. The molecule has 1 N–H and O–H groups in total. The van der Waals surface area contributed by atoms with Crippen molar-refractivity contribution in [1.29, 1.82) is 0 Å². The molecule has 0 amide bonds. The van der Waals surface area contributed by atoms with Crippen LogP contribution in [-0.4, -0.2) is 42.6 Å². The van der Waals surface area contributed by atoms with Crippen LogP contribution < -0.4 is 5.32 Å². The Morgan fingerprint density at radius 2 is 2.08 bits per heavy atom. The van der Waals surface area contributed by atoms with Crippen LogP contribution in [0.25, 0.3) is 0 Å². The van der Waals surface area contributed by atoms with E-state index in [0.29, 0.717) is 11.5 Å². The highest BCUT2D eigenvalue weighted by molar-refractivity contribution is 5.80. The van der Waals surface area contributed by atoms with Crippen molar-refractivity contribution >= 4 is 11.7 Å². The Balaban J connectivity index is 1.65. The van der Waals surface area contributed by atoms with E-state index in [1.165, 1.54) is 50.0 Å². The van der Waals surface area contributed by atoms with Gasteiger partial charge in [-0.1, -0.05) is 18.2 Å². The topological polar surface area (TPSA) is 41.6 Å². The zero-order chi connectivity index (χ0) is 16.9. The van der Waals surface area contributed by atoms with Crippen LogP contribution in [-0.2, 0) is 14.9 Å². The number of rotatable bonds is 1. The van der Waals surface area contributed by atoms with Gasteiger partial charge in [-0.2, -0.15) is 0 Å². The number of nitrogens with zero attached hydrogens (tertiary/aromatic N) is 1. The maximum absolute atomic E-state index is 12.9. The fourth-order valence-electron chi connectivity index (χ4n) is 8.03. The lowest BCUT2D eigenvalue weighted by atomic mass is 9.39. The first kappa shape index (κ1) is 14.6. The van der Waals surface area contributed by atoms with Gasteiger partial charge in [0.2, 0.25) is 0 Å². The number of carbonyl (C=O) groups excluding carboxylic acids is 1. The van der Waals surface area contributed by atoms with Gasteiger partial charge in [0.05, 0.1) is 18.6 Å². The number of para-hydroxylation sites is 1. The van der Waals surface area contributed by atoms with Gasteiger partial charge in [0.25, 0.3) is 0 Å². The van der Waals surface area contributed by atoms with E-state index in [-0.39, 0.29) is 22.8 Å². The van der Waals surface area contributed by atoms with E-state index in [9.17, 15) is 4.79 Å². The summed E-state index contributed by atoms with van der Waals surface area (Å²) in [5.41, 5.74) is 2.97. The second kappa shape index (κ2) is 4.40. The maximum Gasteiger partial charge on any atom is 0.311 e. The van der Waals surface area contributed by atoms with Gasteiger partial charge in [-0.05, 0) is 68.7 Å². The van der Waals surface area contributed by atoms with Crippen LogP contribution >= 0.6 is 0 Å². The molecule has 4 nitrogen and oxygen atoms in total. The standard InChI is InChI=1S/C21H26N2O2/c1-25-17(24)15-13-19-7-4-11-23-12-10-20(18(19)23)14-5-2-3-6-16(14)22-21(15,20)9-8-19/h2-3,5-6,15,18,22H,4,7-13H2,1H3/t15-,18-,19+,20+,21+/m0/s1. The van der Waals surface area contributed by atoms with Crippen molar-refractivity contribution in [2.24, 2.45) is 11.3 Å². The molecule has 1 aromatic carbocycles. The fourth-order valence-corrected chi connectivity index (χ4v) is 8.03. The summed E-state index contributed by atoms with van der Waals surface area (Å²) in [6, 6.07) is 9.45. The van der Waals surface area contributed by atoms with Crippen molar-refractivity contribution in [1.82, 2.24) is 4.90 Å². The average molecular weight is 338 g/mol. The van der Waals surface area contributed by atoms with Crippen molar-refractivity contribution in [3.05, 3.63) is 29.8 Å². The Bertz CT molecular complexity index is 779. The fraction of sp³-hybridized carbons (Fsp3) is 0.667. The van der Waals surface area contributed by atoms with Crippen molar-refractivity contribution in [2.45, 2.75) is 55.5 Å². The molecule has 0 unspecified atom stereocenters. The van der Waals surface area contributed by atoms with Gasteiger partial charge in [-0.3, -0.25) is 9.69 Å². The van der Waals surface area contributed by atoms with E-state index in [1.54, 1.807) is 7.11 Å². The predicted octanol–water partition coefficient (Wildman–Crippen LogP) is 2.93. The maximum atomic E-state index is 12.9. The van der Waals surface area contributed by atoms with Crippen LogP contribution in [0.15, 0.2) is 24.3 Å². The lowest BCUT2D eigenvalue weighted by Crippen LogP contribution is -2.76. The summed E-state index contributed by atoms with van der Waals surface area (Å²) in [6.45, 7) is 2.41. The van der Waals surface area contributed by atoms with Crippen LogP contribution in [0.1, 0.15) is 44.1 Å². The van der Waals surface area contributed by atoms with Crippen molar-refractivity contribution in [2.75, 3.05) is 25.5 Å². The van der Waals surface area contributed by atoms with Crippen molar-refractivity contribution < 1.29 is 9.53 Å². The highest BCUT2D eigenvalue weighted by Crippen LogP contribution is 2.74. The zero-order valence-corrected chi connectivity index (χ0v) is 14.9. The molecule has 132 valence electrons. The molecule has 3 saturated carbocycles. The molecule has 3 spiro atoms. The highest BCUT2D eigenvalue weighted by Gasteiger charge is 2.78. The Morgan fingerprint density at radius 1 is 1.20 bits per heavy atom. The number of esters is 1. The number of methoxy groups -OCH3 is 1. The smallest absolute Gasteiger partial charge is 0.311 e. The number of fused-ring (bicyclic) bond motifs is 3. The largest absolute Gasteiger partial charge is 0.469 e. The summed E-state index contributed by atoms with van der Waals surface area (Å²) in [7, 11) is 1.56. The third-order valence-corrected chi connectivity index (χ3v) is 8.60. The molecular formula is C21H26N2O2. The first-order valence-electron chi connectivity index (χ1n) is 9.87. The third-order valence-electron chi connectivity index (χ3n) is 8.60. The Kier molecular flexibility index (Phi) is 2.57. The van der Waals surface area contributed by atoms with E-state index in [0.717, 1.165) is 12.8 Å². The van der Waals surface area contributed by atoms with Gasteiger partial charge in [0.1, 0.15) is 0 Å². The molecule has 0 radical (unpaired) electrons. The molecule has 0 aromatic heterocycles. The van der Waals surface area contributed by atoms with Gasteiger partial charge >= 0.3 is 5.97 Å². The minimum atomic E-state index is -0.151. The second-order valence-electron chi connectivity index (χ2n) is 9.05. The minimum Gasteiger partial charge on any atom is -0.469 e. The number of anilines is 1. The molecule has 6 aliphatic rings. The molecule has 1 aromatic rings. The Labute approximate surface area is 148 Å². The summed E-state index contributed by atoms with van der Waals surface area (Å²) in [6.07, 6.45) is 7.10. The number of nitrogens with one attached hydrogen (secondary N) is 1. The van der Waals surface area contributed by atoms with E-state index in [2.05, 4.69) is 34.5 Å². The molecule has 2 bridgehead atoms. The molecule has 2 saturated heterocycles. The quantitative estimate of drug-likeness (QED) is 0.800. The van der Waals surface area contributed by atoms with E-state index in [4.69, 9.17) is 4.74 Å². The molecule has 3 aliphatic carbocycles. The van der Waals surface area contributed by atoms with Crippen molar-refractivity contribution in [3.8, 4) is 0 Å². The van der Waals surface area contributed by atoms with Gasteiger partial charge < -0.3 is 10.1 Å². The molecule has 25 heavy (non-hydrogen) atoms. The van der Waals surface area contributed by atoms with Gasteiger partial charge in [0, 0.05) is 17.1 Å². The summed E-state index contributed by atoms with van der Waals surface area (Å²) >= 11 is 0. The number of hydrogen-bond acceptors (Lipinski definition) is 4. The van der Waals surface area contributed by atoms with E-state index < -0.39 is 0 Å². The Hall–Kier alpha value is -1.55. The normalized spacial score (nSPS) is 46.1. The van der Waals surface area contributed by atoms with E-state index in [1.807, 2.05) is 0 Å². The van der Waals surface area contributed by atoms with Gasteiger partial charge in [0.15, 0.2) is 0 Å². The van der Waals surface area contributed by atoms with Crippen LogP contribution in [0.3, 0.4) is 0 Å². The molecular weight excluding hydrogens is 312 g/mol. The average Bonchev–Trinajstić information content (AvgIpc) is 3.19. The van der Waals surface area contributed by atoms with Gasteiger partial charge in [-0.15, -0.1) is 0 Å². The van der Waals surface area contributed by atoms with E-state index >= 15 is 0 Å². The first-order chi connectivity index (χ1) is 12.2. The van der Waals surface area contributed by atoms with Crippen LogP contribution in [0.4, 0.5) is 5.69 Å². The minimum absolute atomic E-state index is 0.00114. The lowest BCUT2D eigenvalue weighted by Gasteiger charge is -2.69. The van der Waals surface area contributed by atoms with Crippen LogP contribution in [0.5, 0.6) is 0 Å². The zero-order valence-electron chi connectivity index (χ0n) is 14.9. The van der Waals surface area contributed by atoms with Crippen LogP contribution in [0, 0.1) is 11.3 Å². The summed E-state index contributed by atoms with van der Waals surface area (Å²) < 4.78 is 5.33. The SMILES string of the molecule is COC(=O)[C@@H]1C[C@@]23CCCN4CC[C@@]5(c6ccccc6N[C@]15CC2)[C@@H]43. The second-order valence-corrected chi connectivity index (χ2v) is 9.05. The highest BCUT2D eigenvalue weighted by atomic mass is 16.5. The Morgan fingerprint density at radius 3 is 2.96 bits per heavy atom. The number of hydrogen-bond donors (Lipinski definition) is 1. The number of ether oxygens (including phenoxy) is 1. The molecule has 5 atom stereocenters. The predicted molar refractivity (Wildman–Crippen MR) is 95.5 cm³/mol. The number of benzene rings is 1. The summed E-state index contributed by atoms with van der Waals surface area (Å²) in [5, 5.41) is 3.92. The molecule has 7 rings (SSSR count). The number of piperidine rings is 1. The molecule has 4 heteroatoms. The first-order valence-corrected chi connectivity index (χ1v) is 9.87. The van der Waals surface area contributed by atoms with Crippen LogP contribution in [0.2, 0.25) is 0 Å². The van der Waals surface area contributed by atoms with Gasteiger partial charge in [-0.25, -0.2) is 0 Å². The summed E-state index contributed by atoms with van der Waals surface area (Å²) in [4.78, 5) is 15.7. The molecule has 3 aliphatic heterocycles. The monoisotopic (exact) mass is 338 g/mol. The lowest BCUT2D eigenvalue weighted by molar-refractivity contribution is -0.171. The molecule has 3 heterocycles. The molecule has 5 fully saturated rings.